The monoisotopic (exact) mass is 451 g/mol. The number of para-hydroxylation sites is 2. The number of likely N-dealkylation sites (tertiary alicyclic amines) is 1. The maximum absolute atomic E-state index is 12.8. The van der Waals surface area contributed by atoms with Crippen molar-refractivity contribution in [2.24, 2.45) is 5.92 Å². The first-order chi connectivity index (χ1) is 16.1. The summed E-state index contributed by atoms with van der Waals surface area (Å²) in [6.07, 6.45) is 4.25. The van der Waals surface area contributed by atoms with Crippen LogP contribution in [0.1, 0.15) is 43.0 Å². The molecule has 2 saturated heterocycles. The minimum absolute atomic E-state index is 0.0484. The number of hydrogen-bond donors (Lipinski definition) is 2. The molecule has 7 heteroatoms. The largest absolute Gasteiger partial charge is 0.489 e. The molecule has 0 saturated carbocycles. The Morgan fingerprint density at radius 2 is 1.91 bits per heavy atom. The Hall–Kier alpha value is -3.06. The van der Waals surface area contributed by atoms with Crippen molar-refractivity contribution in [2.45, 2.75) is 38.7 Å². The van der Waals surface area contributed by atoms with E-state index in [1.807, 2.05) is 53.4 Å². The van der Waals surface area contributed by atoms with Crippen LogP contribution in [0.4, 0.5) is 11.4 Å². The van der Waals surface area contributed by atoms with Crippen molar-refractivity contribution < 1.29 is 19.1 Å². The molecule has 0 spiro atoms. The van der Waals surface area contributed by atoms with E-state index in [-0.39, 0.29) is 24.5 Å². The van der Waals surface area contributed by atoms with Gasteiger partial charge in [0.2, 0.25) is 5.91 Å². The number of rotatable bonds is 8. The first-order valence-corrected chi connectivity index (χ1v) is 11.8. The molecule has 0 aliphatic carbocycles. The molecule has 2 aliphatic rings. The van der Waals surface area contributed by atoms with Crippen LogP contribution in [-0.2, 0) is 9.53 Å². The molecule has 0 aromatic heterocycles. The predicted octanol–water partition coefficient (Wildman–Crippen LogP) is 4.17. The van der Waals surface area contributed by atoms with Crippen LogP contribution in [0.15, 0.2) is 48.5 Å². The zero-order valence-electron chi connectivity index (χ0n) is 19.2. The van der Waals surface area contributed by atoms with Gasteiger partial charge in [-0.1, -0.05) is 25.1 Å². The van der Waals surface area contributed by atoms with E-state index in [2.05, 4.69) is 17.6 Å². The topological polar surface area (TPSA) is 79.9 Å². The van der Waals surface area contributed by atoms with Crippen molar-refractivity contribution in [3.8, 4) is 5.75 Å². The molecular weight excluding hydrogens is 418 g/mol. The highest BCUT2D eigenvalue weighted by atomic mass is 16.5. The van der Waals surface area contributed by atoms with Crippen molar-refractivity contribution in [3.05, 3.63) is 54.1 Å². The number of amides is 2. The van der Waals surface area contributed by atoms with Crippen LogP contribution in [0, 0.1) is 5.92 Å². The Labute approximate surface area is 195 Å². The molecule has 2 amide bonds. The van der Waals surface area contributed by atoms with Crippen molar-refractivity contribution in [3.63, 3.8) is 0 Å². The second-order valence-corrected chi connectivity index (χ2v) is 8.90. The van der Waals surface area contributed by atoms with Crippen LogP contribution in [0.25, 0.3) is 0 Å². The second-order valence-electron chi connectivity index (χ2n) is 8.90. The SMILES string of the molecule is CC1CCN(C(=O)c2cccc(NCC(=O)Nc3ccccc3OCC3CCCO3)c2)CC1. The third kappa shape index (κ3) is 6.48. The van der Waals surface area contributed by atoms with Gasteiger partial charge in [0.05, 0.1) is 18.3 Å². The van der Waals surface area contributed by atoms with E-state index in [9.17, 15) is 9.59 Å². The van der Waals surface area contributed by atoms with Gasteiger partial charge >= 0.3 is 0 Å². The standard InChI is InChI=1S/C26H33N3O4/c1-19-11-13-29(14-12-19)26(31)20-6-4-7-21(16-20)27-17-25(30)28-23-9-2-3-10-24(23)33-18-22-8-5-15-32-22/h2-4,6-7,9-10,16,19,22,27H,5,8,11-15,17-18H2,1H3,(H,28,30). The lowest BCUT2D eigenvalue weighted by molar-refractivity contribution is -0.114. The van der Waals surface area contributed by atoms with Crippen LogP contribution >= 0.6 is 0 Å². The summed E-state index contributed by atoms with van der Waals surface area (Å²) in [5.74, 6) is 1.16. The van der Waals surface area contributed by atoms with E-state index >= 15 is 0 Å². The summed E-state index contributed by atoms with van der Waals surface area (Å²) in [4.78, 5) is 27.3. The van der Waals surface area contributed by atoms with Gasteiger partial charge in [-0.25, -0.2) is 0 Å². The summed E-state index contributed by atoms with van der Waals surface area (Å²) >= 11 is 0. The van der Waals surface area contributed by atoms with Gasteiger partial charge in [-0.2, -0.15) is 0 Å². The zero-order chi connectivity index (χ0) is 23.0. The van der Waals surface area contributed by atoms with Gasteiger partial charge in [-0.05, 0) is 61.9 Å². The molecule has 7 nitrogen and oxygen atoms in total. The van der Waals surface area contributed by atoms with E-state index in [1.165, 1.54) is 0 Å². The molecule has 1 atom stereocenters. The zero-order valence-corrected chi connectivity index (χ0v) is 19.2. The fourth-order valence-corrected chi connectivity index (χ4v) is 4.19. The van der Waals surface area contributed by atoms with Crippen LogP contribution in [-0.4, -0.2) is 55.7 Å². The Morgan fingerprint density at radius 1 is 1.09 bits per heavy atom. The number of nitrogens with one attached hydrogen (secondary N) is 2. The molecule has 176 valence electrons. The van der Waals surface area contributed by atoms with Crippen LogP contribution in [0.5, 0.6) is 5.75 Å². The van der Waals surface area contributed by atoms with Gasteiger partial charge in [0, 0.05) is 30.9 Å². The van der Waals surface area contributed by atoms with E-state index in [0.717, 1.165) is 51.1 Å². The third-order valence-corrected chi connectivity index (χ3v) is 6.24. The number of hydrogen-bond acceptors (Lipinski definition) is 5. The molecule has 0 radical (unpaired) electrons. The molecule has 33 heavy (non-hydrogen) atoms. The number of nitrogens with zero attached hydrogens (tertiary/aromatic N) is 1. The molecule has 2 N–H and O–H groups in total. The lowest BCUT2D eigenvalue weighted by Crippen LogP contribution is -2.37. The summed E-state index contributed by atoms with van der Waals surface area (Å²) in [7, 11) is 0. The Kier molecular flexibility index (Phi) is 7.83. The highest BCUT2D eigenvalue weighted by Crippen LogP contribution is 2.25. The van der Waals surface area contributed by atoms with Crippen molar-refractivity contribution in [1.82, 2.24) is 4.90 Å². The molecule has 2 heterocycles. The molecule has 2 aromatic carbocycles. The van der Waals surface area contributed by atoms with Gasteiger partial charge in [-0.15, -0.1) is 0 Å². The van der Waals surface area contributed by atoms with E-state index < -0.39 is 0 Å². The lowest BCUT2D eigenvalue weighted by Gasteiger charge is -2.30. The lowest BCUT2D eigenvalue weighted by atomic mass is 9.98. The molecule has 4 rings (SSSR count). The fraction of sp³-hybridized carbons (Fsp3) is 0.462. The van der Waals surface area contributed by atoms with Gasteiger partial charge in [-0.3, -0.25) is 9.59 Å². The fourth-order valence-electron chi connectivity index (χ4n) is 4.19. The minimum Gasteiger partial charge on any atom is -0.489 e. The number of benzene rings is 2. The average Bonchev–Trinajstić information content (AvgIpc) is 3.36. The molecule has 2 fully saturated rings. The summed E-state index contributed by atoms with van der Waals surface area (Å²) in [5.41, 5.74) is 2.01. The van der Waals surface area contributed by atoms with Crippen molar-refractivity contribution >= 4 is 23.2 Å². The number of carbonyl (C=O) groups excluding carboxylic acids is 2. The predicted molar refractivity (Wildman–Crippen MR) is 129 cm³/mol. The molecule has 2 aliphatic heterocycles. The Morgan fingerprint density at radius 3 is 2.70 bits per heavy atom. The summed E-state index contributed by atoms with van der Waals surface area (Å²) in [5, 5.41) is 6.03. The van der Waals surface area contributed by atoms with E-state index in [1.54, 1.807) is 0 Å². The number of piperidine rings is 1. The second kappa shape index (κ2) is 11.2. The van der Waals surface area contributed by atoms with E-state index in [0.29, 0.717) is 29.5 Å². The minimum atomic E-state index is -0.190. The Bertz CT molecular complexity index is 950. The normalized spacial score (nSPS) is 18.7. The van der Waals surface area contributed by atoms with Gasteiger partial charge in [0.15, 0.2) is 0 Å². The summed E-state index contributed by atoms with van der Waals surface area (Å²) in [6.45, 7) is 5.16. The highest BCUT2D eigenvalue weighted by Gasteiger charge is 2.21. The summed E-state index contributed by atoms with van der Waals surface area (Å²) < 4.78 is 11.5. The van der Waals surface area contributed by atoms with Gasteiger partial charge in [0.1, 0.15) is 12.4 Å². The van der Waals surface area contributed by atoms with Crippen molar-refractivity contribution in [2.75, 3.05) is 43.5 Å². The Balaban J connectivity index is 1.29. The van der Waals surface area contributed by atoms with Crippen LogP contribution < -0.4 is 15.4 Å². The maximum atomic E-state index is 12.8. The number of anilines is 2. The quantitative estimate of drug-likeness (QED) is 0.630. The molecule has 2 aromatic rings. The first kappa shape index (κ1) is 23.1. The maximum Gasteiger partial charge on any atom is 0.253 e. The summed E-state index contributed by atoms with van der Waals surface area (Å²) in [6, 6.07) is 14.7. The molecular formula is C26H33N3O4. The van der Waals surface area contributed by atoms with Gasteiger partial charge in [0.25, 0.3) is 5.91 Å². The third-order valence-electron chi connectivity index (χ3n) is 6.24. The average molecular weight is 452 g/mol. The molecule has 0 bridgehead atoms. The van der Waals surface area contributed by atoms with Gasteiger partial charge < -0.3 is 25.0 Å². The number of ether oxygens (including phenoxy) is 2. The molecule has 1 unspecified atom stereocenters. The van der Waals surface area contributed by atoms with Crippen LogP contribution in [0.2, 0.25) is 0 Å². The number of carbonyl (C=O) groups is 2. The highest BCUT2D eigenvalue weighted by molar-refractivity contribution is 5.96. The van der Waals surface area contributed by atoms with E-state index in [4.69, 9.17) is 9.47 Å². The van der Waals surface area contributed by atoms with Crippen LogP contribution in [0.3, 0.4) is 0 Å². The smallest absolute Gasteiger partial charge is 0.253 e. The first-order valence-electron chi connectivity index (χ1n) is 11.8. The van der Waals surface area contributed by atoms with Crippen molar-refractivity contribution in [1.29, 1.82) is 0 Å².